The molecule has 0 radical (unpaired) electrons. The van der Waals surface area contributed by atoms with Gasteiger partial charge in [0.2, 0.25) is 5.91 Å². The number of nitrogens with zero attached hydrogens (tertiary/aromatic N) is 1. The van der Waals surface area contributed by atoms with Gasteiger partial charge in [-0.05, 0) is 0 Å². The van der Waals surface area contributed by atoms with Crippen molar-refractivity contribution in [3.8, 4) is 0 Å². The van der Waals surface area contributed by atoms with E-state index in [9.17, 15) is 4.79 Å². The van der Waals surface area contributed by atoms with Crippen LogP contribution in [-0.2, 0) is 9.53 Å². The highest BCUT2D eigenvalue weighted by molar-refractivity contribution is 7.80. The Morgan fingerprint density at radius 2 is 2.17 bits per heavy atom. The molecule has 0 aromatic heterocycles. The lowest BCUT2D eigenvalue weighted by Crippen LogP contribution is -2.49. The number of ether oxygens (including phenoxy) is 1. The number of carbonyl (C=O) groups excluding carboxylic acids is 1. The molecule has 0 bridgehead atoms. The third kappa shape index (κ3) is 2.36. The van der Waals surface area contributed by atoms with Crippen molar-refractivity contribution in [2.75, 3.05) is 32.1 Å². The molecule has 0 aromatic carbocycles. The minimum Gasteiger partial charge on any atom is -0.378 e. The third-order valence-corrected chi connectivity index (χ3v) is 2.23. The van der Waals surface area contributed by atoms with Crippen molar-refractivity contribution < 1.29 is 9.53 Å². The molecule has 1 aliphatic rings. The highest BCUT2D eigenvalue weighted by Crippen LogP contribution is 2.00. The largest absolute Gasteiger partial charge is 0.378 e. The lowest BCUT2D eigenvalue weighted by Gasteiger charge is -2.28. The van der Waals surface area contributed by atoms with Gasteiger partial charge in [-0.15, -0.1) is 0 Å². The molecule has 1 saturated heterocycles. The summed E-state index contributed by atoms with van der Waals surface area (Å²) < 4.78 is 5.11. The van der Waals surface area contributed by atoms with Crippen LogP contribution in [0.5, 0.6) is 0 Å². The molecule has 0 aromatic rings. The van der Waals surface area contributed by atoms with E-state index >= 15 is 0 Å². The second kappa shape index (κ2) is 4.69. The summed E-state index contributed by atoms with van der Waals surface area (Å²) in [7, 11) is 0. The summed E-state index contributed by atoms with van der Waals surface area (Å²) in [4.78, 5) is 13.2. The summed E-state index contributed by atoms with van der Waals surface area (Å²) in [5.41, 5.74) is 5.54. The van der Waals surface area contributed by atoms with Gasteiger partial charge < -0.3 is 15.4 Å². The predicted octanol–water partition coefficient (Wildman–Crippen LogP) is -0.898. The Hall–Kier alpha value is -0.260. The maximum absolute atomic E-state index is 11.4. The Kier molecular flexibility index (Phi) is 3.84. The van der Waals surface area contributed by atoms with Crippen LogP contribution in [0, 0.1) is 0 Å². The molecule has 1 unspecified atom stereocenters. The first-order valence-corrected chi connectivity index (χ1v) is 4.62. The van der Waals surface area contributed by atoms with E-state index in [0.29, 0.717) is 32.1 Å². The van der Waals surface area contributed by atoms with E-state index in [1.807, 2.05) is 0 Å². The Morgan fingerprint density at radius 3 is 2.67 bits per heavy atom. The number of nitrogens with two attached hydrogens (primary N) is 1. The second-order valence-corrected chi connectivity index (χ2v) is 3.09. The highest BCUT2D eigenvalue weighted by Gasteiger charge is 2.21. The molecule has 1 rings (SSSR count). The highest BCUT2D eigenvalue weighted by atomic mass is 32.1. The summed E-state index contributed by atoms with van der Waals surface area (Å²) in [5, 5.41) is 0. The van der Waals surface area contributed by atoms with Crippen LogP contribution in [-0.4, -0.2) is 48.9 Å². The van der Waals surface area contributed by atoms with Gasteiger partial charge >= 0.3 is 0 Å². The molecule has 0 aliphatic carbocycles. The third-order valence-electron chi connectivity index (χ3n) is 1.84. The van der Waals surface area contributed by atoms with Gasteiger partial charge in [-0.1, -0.05) is 0 Å². The van der Waals surface area contributed by atoms with Crippen LogP contribution in [0.2, 0.25) is 0 Å². The Bertz CT molecular complexity index is 159. The van der Waals surface area contributed by atoms with Crippen LogP contribution in [0.3, 0.4) is 0 Å². The Morgan fingerprint density at radius 1 is 1.58 bits per heavy atom. The molecule has 1 fully saturated rings. The zero-order chi connectivity index (χ0) is 8.97. The van der Waals surface area contributed by atoms with Crippen LogP contribution in [0.25, 0.3) is 0 Å². The first kappa shape index (κ1) is 9.83. The molecule has 12 heavy (non-hydrogen) atoms. The predicted molar refractivity (Wildman–Crippen MR) is 49.2 cm³/mol. The number of morpholine rings is 1. The standard InChI is InChI=1S/C7H14N2O2S/c8-6(5-12)7(10)9-1-3-11-4-2-9/h6,12H,1-5,8H2. The molecule has 1 atom stereocenters. The van der Waals surface area contributed by atoms with E-state index < -0.39 is 6.04 Å². The summed E-state index contributed by atoms with van der Waals surface area (Å²) >= 11 is 3.97. The lowest BCUT2D eigenvalue weighted by molar-refractivity contribution is -0.136. The van der Waals surface area contributed by atoms with Crippen molar-refractivity contribution in [3.05, 3.63) is 0 Å². The molecule has 1 heterocycles. The van der Waals surface area contributed by atoms with E-state index in [2.05, 4.69) is 12.6 Å². The smallest absolute Gasteiger partial charge is 0.240 e. The fourth-order valence-electron chi connectivity index (χ4n) is 1.10. The summed E-state index contributed by atoms with van der Waals surface area (Å²) in [6.45, 7) is 2.54. The minimum absolute atomic E-state index is 0.0201. The molecular formula is C7H14N2O2S. The molecule has 0 spiro atoms. The summed E-state index contributed by atoms with van der Waals surface area (Å²) in [6, 6.07) is -0.466. The fraction of sp³-hybridized carbons (Fsp3) is 0.857. The number of hydrogen-bond acceptors (Lipinski definition) is 4. The van der Waals surface area contributed by atoms with Gasteiger partial charge in [0.05, 0.1) is 19.3 Å². The van der Waals surface area contributed by atoms with Gasteiger partial charge in [-0.2, -0.15) is 12.6 Å². The SMILES string of the molecule is NC(CS)C(=O)N1CCOCC1. The minimum atomic E-state index is -0.466. The van der Waals surface area contributed by atoms with E-state index in [0.717, 1.165) is 0 Å². The quantitative estimate of drug-likeness (QED) is 0.555. The lowest BCUT2D eigenvalue weighted by atomic mass is 10.3. The van der Waals surface area contributed by atoms with Crippen LogP contribution < -0.4 is 5.73 Å². The maximum Gasteiger partial charge on any atom is 0.240 e. The van der Waals surface area contributed by atoms with E-state index in [1.165, 1.54) is 0 Å². The van der Waals surface area contributed by atoms with Gasteiger partial charge in [-0.3, -0.25) is 4.79 Å². The van der Waals surface area contributed by atoms with Crippen molar-refractivity contribution in [3.63, 3.8) is 0 Å². The van der Waals surface area contributed by atoms with Gasteiger partial charge in [0.15, 0.2) is 0 Å². The average Bonchev–Trinajstić information content (AvgIpc) is 2.17. The van der Waals surface area contributed by atoms with Crippen molar-refractivity contribution in [2.24, 2.45) is 5.73 Å². The van der Waals surface area contributed by atoms with E-state index in [-0.39, 0.29) is 5.91 Å². The van der Waals surface area contributed by atoms with Crippen molar-refractivity contribution >= 4 is 18.5 Å². The van der Waals surface area contributed by atoms with Gasteiger partial charge in [0.25, 0.3) is 0 Å². The normalized spacial score (nSPS) is 20.7. The van der Waals surface area contributed by atoms with Crippen LogP contribution in [0.4, 0.5) is 0 Å². The molecular weight excluding hydrogens is 176 g/mol. The number of thiol groups is 1. The van der Waals surface area contributed by atoms with Crippen LogP contribution in [0.1, 0.15) is 0 Å². The Labute approximate surface area is 77.5 Å². The average molecular weight is 190 g/mol. The van der Waals surface area contributed by atoms with Gasteiger partial charge in [0.1, 0.15) is 0 Å². The van der Waals surface area contributed by atoms with Crippen molar-refractivity contribution in [1.82, 2.24) is 4.90 Å². The molecule has 1 amide bonds. The molecule has 1 aliphatic heterocycles. The monoisotopic (exact) mass is 190 g/mol. The number of hydrogen-bond donors (Lipinski definition) is 2. The summed E-state index contributed by atoms with van der Waals surface area (Å²) in [5.74, 6) is 0.379. The van der Waals surface area contributed by atoms with E-state index in [1.54, 1.807) is 4.90 Å². The first-order chi connectivity index (χ1) is 5.75. The maximum atomic E-state index is 11.4. The second-order valence-electron chi connectivity index (χ2n) is 2.73. The molecule has 2 N–H and O–H groups in total. The van der Waals surface area contributed by atoms with Crippen LogP contribution in [0.15, 0.2) is 0 Å². The van der Waals surface area contributed by atoms with Crippen molar-refractivity contribution in [2.45, 2.75) is 6.04 Å². The van der Waals surface area contributed by atoms with Crippen LogP contribution >= 0.6 is 12.6 Å². The first-order valence-electron chi connectivity index (χ1n) is 3.98. The number of carbonyl (C=O) groups is 1. The molecule has 4 nitrogen and oxygen atoms in total. The molecule has 0 saturated carbocycles. The fourth-order valence-corrected chi connectivity index (χ4v) is 1.25. The number of rotatable bonds is 2. The van der Waals surface area contributed by atoms with Gasteiger partial charge in [0, 0.05) is 18.8 Å². The zero-order valence-corrected chi connectivity index (χ0v) is 7.80. The number of amides is 1. The summed E-state index contributed by atoms with van der Waals surface area (Å²) in [6.07, 6.45) is 0. The Balaban J connectivity index is 2.39. The zero-order valence-electron chi connectivity index (χ0n) is 6.90. The molecule has 70 valence electrons. The van der Waals surface area contributed by atoms with E-state index in [4.69, 9.17) is 10.5 Å². The topological polar surface area (TPSA) is 55.6 Å². The van der Waals surface area contributed by atoms with Gasteiger partial charge in [-0.25, -0.2) is 0 Å². The molecule has 5 heteroatoms. The van der Waals surface area contributed by atoms with Crippen molar-refractivity contribution in [1.29, 1.82) is 0 Å².